The number of hydrogen-bond donors (Lipinski definition) is 2. The van der Waals surface area contributed by atoms with Crippen molar-refractivity contribution in [3.05, 3.63) is 24.3 Å². The van der Waals surface area contributed by atoms with Gasteiger partial charge in [0, 0.05) is 43.1 Å². The quantitative estimate of drug-likeness (QED) is 0.807. The summed E-state index contributed by atoms with van der Waals surface area (Å²) in [6.45, 7) is 9.60. The van der Waals surface area contributed by atoms with E-state index in [-0.39, 0.29) is 0 Å². The van der Waals surface area contributed by atoms with Crippen LogP contribution in [0.1, 0.15) is 20.8 Å². The molecule has 2 N–H and O–H groups in total. The summed E-state index contributed by atoms with van der Waals surface area (Å²) in [6, 6.07) is 7.61. The molecule has 1 heterocycles. The lowest BCUT2D eigenvalue weighted by atomic mass is 10.1. The van der Waals surface area contributed by atoms with Gasteiger partial charge in [0.15, 0.2) is 0 Å². The molecule has 0 aliphatic carbocycles. The number of carbonyl (C=O) groups excluding carboxylic acids is 2. The summed E-state index contributed by atoms with van der Waals surface area (Å²) in [4.78, 5) is 28.3. The van der Waals surface area contributed by atoms with Crippen molar-refractivity contribution in [1.82, 2.24) is 10.2 Å². The zero-order valence-electron chi connectivity index (χ0n) is 14.3. The average molecular weight is 318 g/mol. The predicted octanol–water partition coefficient (Wildman–Crippen LogP) is 1.29. The van der Waals surface area contributed by atoms with Crippen molar-refractivity contribution in [1.29, 1.82) is 0 Å². The zero-order valence-corrected chi connectivity index (χ0v) is 14.3. The van der Waals surface area contributed by atoms with Gasteiger partial charge in [-0.2, -0.15) is 0 Å². The molecule has 1 aliphatic heterocycles. The number of benzene rings is 1. The first-order valence-corrected chi connectivity index (χ1v) is 7.92. The van der Waals surface area contributed by atoms with E-state index in [0.29, 0.717) is 5.69 Å². The Morgan fingerprint density at radius 2 is 1.52 bits per heavy atom. The molecule has 1 aromatic rings. The number of rotatable bonds is 2. The summed E-state index contributed by atoms with van der Waals surface area (Å²) in [7, 11) is 2.12. The topological polar surface area (TPSA) is 64.7 Å². The van der Waals surface area contributed by atoms with E-state index in [2.05, 4.69) is 27.5 Å². The van der Waals surface area contributed by atoms with E-state index in [0.717, 1.165) is 31.9 Å². The second kappa shape index (κ2) is 7.00. The van der Waals surface area contributed by atoms with Crippen molar-refractivity contribution in [2.45, 2.75) is 26.3 Å². The number of piperazine rings is 1. The second-order valence-electron chi connectivity index (χ2n) is 7.00. The minimum absolute atomic E-state index is 0.431. The number of nitrogens with one attached hydrogen (secondary N) is 2. The highest BCUT2D eigenvalue weighted by atomic mass is 16.2. The van der Waals surface area contributed by atoms with Crippen molar-refractivity contribution in [3.8, 4) is 0 Å². The molecule has 1 saturated heterocycles. The minimum atomic E-state index is -0.646. The molecule has 0 saturated carbocycles. The largest absolute Gasteiger partial charge is 0.369 e. The molecular weight excluding hydrogens is 292 g/mol. The van der Waals surface area contributed by atoms with Crippen LogP contribution in [0.4, 0.5) is 11.4 Å². The van der Waals surface area contributed by atoms with Gasteiger partial charge in [-0.3, -0.25) is 9.59 Å². The fraction of sp³-hybridized carbons (Fsp3) is 0.529. The Hall–Kier alpha value is -2.08. The van der Waals surface area contributed by atoms with Crippen molar-refractivity contribution < 1.29 is 9.59 Å². The molecule has 0 bridgehead atoms. The predicted molar refractivity (Wildman–Crippen MR) is 92.7 cm³/mol. The number of amides is 2. The van der Waals surface area contributed by atoms with Crippen LogP contribution < -0.4 is 15.5 Å². The highest BCUT2D eigenvalue weighted by Crippen LogP contribution is 2.19. The molecule has 23 heavy (non-hydrogen) atoms. The molecule has 2 rings (SSSR count). The first kappa shape index (κ1) is 17.3. The standard InChI is InChI=1S/C17H26N4O2/c1-17(2,3)19-16(23)15(22)18-13-5-7-14(8-6-13)21-11-9-20(4)10-12-21/h5-8H,9-12H2,1-4H3,(H,18,22)(H,19,23). The monoisotopic (exact) mass is 318 g/mol. The number of nitrogens with zero attached hydrogens (tertiary/aromatic N) is 2. The maximum Gasteiger partial charge on any atom is 0.313 e. The molecule has 1 fully saturated rings. The van der Waals surface area contributed by atoms with Crippen LogP contribution in [-0.4, -0.2) is 55.5 Å². The van der Waals surface area contributed by atoms with Crippen LogP contribution in [0.3, 0.4) is 0 Å². The zero-order chi connectivity index (χ0) is 17.0. The Bertz CT molecular complexity index is 555. The van der Waals surface area contributed by atoms with Gasteiger partial charge in [0.25, 0.3) is 0 Å². The molecule has 0 unspecified atom stereocenters. The van der Waals surface area contributed by atoms with Crippen LogP contribution in [0.25, 0.3) is 0 Å². The van der Waals surface area contributed by atoms with Crippen molar-refractivity contribution >= 4 is 23.2 Å². The van der Waals surface area contributed by atoms with Gasteiger partial charge < -0.3 is 20.4 Å². The maximum absolute atomic E-state index is 11.9. The minimum Gasteiger partial charge on any atom is -0.369 e. The van der Waals surface area contributed by atoms with Gasteiger partial charge in [0.05, 0.1) is 0 Å². The first-order valence-electron chi connectivity index (χ1n) is 7.92. The van der Waals surface area contributed by atoms with Crippen LogP contribution in [0, 0.1) is 0 Å². The Balaban J connectivity index is 1.92. The molecule has 1 aromatic carbocycles. The molecule has 126 valence electrons. The number of likely N-dealkylation sites (N-methyl/N-ethyl adjacent to an activating group) is 1. The smallest absolute Gasteiger partial charge is 0.313 e. The van der Waals surface area contributed by atoms with Crippen molar-refractivity contribution in [3.63, 3.8) is 0 Å². The fourth-order valence-corrected chi connectivity index (χ4v) is 2.41. The van der Waals surface area contributed by atoms with E-state index in [9.17, 15) is 9.59 Å². The van der Waals surface area contributed by atoms with Crippen LogP contribution >= 0.6 is 0 Å². The third-order valence-corrected chi connectivity index (χ3v) is 3.69. The summed E-state index contributed by atoms with van der Waals surface area (Å²) in [5.74, 6) is -1.27. The van der Waals surface area contributed by atoms with Crippen LogP contribution in [-0.2, 0) is 9.59 Å². The molecule has 6 heteroatoms. The van der Waals surface area contributed by atoms with E-state index in [1.165, 1.54) is 0 Å². The van der Waals surface area contributed by atoms with Crippen molar-refractivity contribution in [2.24, 2.45) is 0 Å². The highest BCUT2D eigenvalue weighted by Gasteiger charge is 2.20. The van der Waals surface area contributed by atoms with Crippen LogP contribution in [0.5, 0.6) is 0 Å². The van der Waals surface area contributed by atoms with Crippen molar-refractivity contribution in [2.75, 3.05) is 43.4 Å². The van der Waals surface area contributed by atoms with Crippen LogP contribution in [0.15, 0.2) is 24.3 Å². The molecule has 0 aromatic heterocycles. The van der Waals surface area contributed by atoms with E-state index in [1.807, 2.05) is 45.0 Å². The summed E-state index contributed by atoms with van der Waals surface area (Å²) in [6.07, 6.45) is 0. The van der Waals surface area contributed by atoms with Gasteiger partial charge in [-0.05, 0) is 52.1 Å². The third-order valence-electron chi connectivity index (χ3n) is 3.69. The lowest BCUT2D eigenvalue weighted by Crippen LogP contribution is -2.46. The Kier molecular flexibility index (Phi) is 5.26. The number of hydrogen-bond acceptors (Lipinski definition) is 4. The molecular formula is C17H26N4O2. The van der Waals surface area contributed by atoms with Gasteiger partial charge in [-0.1, -0.05) is 0 Å². The lowest BCUT2D eigenvalue weighted by Gasteiger charge is -2.34. The maximum atomic E-state index is 11.9. The summed E-state index contributed by atoms with van der Waals surface area (Å²) >= 11 is 0. The van der Waals surface area contributed by atoms with E-state index in [4.69, 9.17) is 0 Å². The Morgan fingerprint density at radius 3 is 2.04 bits per heavy atom. The molecule has 6 nitrogen and oxygen atoms in total. The summed E-state index contributed by atoms with van der Waals surface area (Å²) in [5, 5.41) is 5.27. The molecule has 0 spiro atoms. The fourth-order valence-electron chi connectivity index (χ4n) is 2.41. The molecule has 1 aliphatic rings. The molecule has 0 radical (unpaired) electrons. The van der Waals surface area contributed by atoms with E-state index < -0.39 is 17.4 Å². The second-order valence-corrected chi connectivity index (χ2v) is 7.00. The summed E-state index contributed by atoms with van der Waals surface area (Å²) in [5.41, 5.74) is 1.33. The van der Waals surface area contributed by atoms with Gasteiger partial charge in [0.2, 0.25) is 0 Å². The van der Waals surface area contributed by atoms with Gasteiger partial charge in [-0.15, -0.1) is 0 Å². The SMILES string of the molecule is CN1CCN(c2ccc(NC(=O)C(=O)NC(C)(C)C)cc2)CC1. The Morgan fingerprint density at radius 1 is 0.957 bits per heavy atom. The average Bonchev–Trinajstić information content (AvgIpc) is 2.47. The lowest BCUT2D eigenvalue weighted by molar-refractivity contribution is -0.137. The normalized spacial score (nSPS) is 16.1. The number of anilines is 2. The number of carbonyl (C=O) groups is 2. The van der Waals surface area contributed by atoms with E-state index in [1.54, 1.807) is 0 Å². The van der Waals surface area contributed by atoms with Crippen LogP contribution in [0.2, 0.25) is 0 Å². The molecule has 2 amide bonds. The van der Waals surface area contributed by atoms with Gasteiger partial charge in [0.1, 0.15) is 0 Å². The highest BCUT2D eigenvalue weighted by molar-refractivity contribution is 6.39. The first-order chi connectivity index (χ1) is 10.7. The molecule has 0 atom stereocenters. The Labute approximate surface area is 137 Å². The van der Waals surface area contributed by atoms with E-state index >= 15 is 0 Å². The van der Waals surface area contributed by atoms with Gasteiger partial charge >= 0.3 is 11.8 Å². The third kappa shape index (κ3) is 5.25. The van der Waals surface area contributed by atoms with Gasteiger partial charge in [-0.25, -0.2) is 0 Å². The summed E-state index contributed by atoms with van der Waals surface area (Å²) < 4.78 is 0.